The van der Waals surface area contributed by atoms with Crippen molar-refractivity contribution in [2.24, 2.45) is 11.7 Å². The highest BCUT2D eigenvalue weighted by molar-refractivity contribution is 6.08. The van der Waals surface area contributed by atoms with Gasteiger partial charge in [0.05, 0.1) is 7.11 Å². The number of carbonyl (C=O) groups is 1. The molecule has 148 valence electrons. The van der Waals surface area contributed by atoms with Crippen molar-refractivity contribution in [3.63, 3.8) is 0 Å². The van der Waals surface area contributed by atoms with Crippen LogP contribution < -0.4 is 10.5 Å². The number of benzene rings is 2. The van der Waals surface area contributed by atoms with Crippen molar-refractivity contribution in [2.45, 2.75) is 19.4 Å². The number of hydrogen-bond acceptors (Lipinski definition) is 4. The molecule has 0 radical (unpaired) electrons. The lowest BCUT2D eigenvalue weighted by atomic mass is 10.0. The number of nitrogens with zero attached hydrogens (tertiary/aromatic N) is 1. The molecule has 3 aromatic rings. The molecule has 2 unspecified atom stereocenters. The van der Waals surface area contributed by atoms with Crippen LogP contribution >= 0.6 is 12.4 Å². The topological polar surface area (TPSA) is 68.7 Å². The summed E-state index contributed by atoms with van der Waals surface area (Å²) in [5.74, 6) is 1.35. The molecule has 2 heterocycles. The van der Waals surface area contributed by atoms with Crippen molar-refractivity contribution in [1.29, 1.82) is 0 Å². The maximum Gasteiger partial charge on any atom is 0.290 e. The van der Waals surface area contributed by atoms with Gasteiger partial charge in [-0.25, -0.2) is 0 Å². The van der Waals surface area contributed by atoms with Gasteiger partial charge in [-0.1, -0.05) is 30.3 Å². The Hall–Kier alpha value is -2.50. The molecule has 4 rings (SSSR count). The van der Waals surface area contributed by atoms with Crippen LogP contribution in [-0.2, 0) is 0 Å². The first-order valence-electron chi connectivity index (χ1n) is 9.29. The van der Waals surface area contributed by atoms with Gasteiger partial charge in [0.25, 0.3) is 5.91 Å². The summed E-state index contributed by atoms with van der Waals surface area (Å²) in [6, 6.07) is 15.7. The maximum atomic E-state index is 13.4. The third kappa shape index (κ3) is 3.48. The summed E-state index contributed by atoms with van der Waals surface area (Å²) in [5.41, 5.74) is 8.29. The van der Waals surface area contributed by atoms with E-state index in [0.717, 1.165) is 22.9 Å². The summed E-state index contributed by atoms with van der Waals surface area (Å²) in [4.78, 5) is 15.3. The van der Waals surface area contributed by atoms with Crippen LogP contribution in [0, 0.1) is 5.92 Å². The van der Waals surface area contributed by atoms with Gasteiger partial charge in [-0.15, -0.1) is 12.4 Å². The molecular formula is C22H25ClN2O3. The third-order valence-corrected chi connectivity index (χ3v) is 5.41. The van der Waals surface area contributed by atoms with Crippen molar-refractivity contribution in [3.8, 4) is 16.9 Å². The van der Waals surface area contributed by atoms with E-state index < -0.39 is 0 Å². The molecule has 1 fully saturated rings. The number of nitrogens with two attached hydrogens (primary N) is 1. The SMILES string of the molecule is COc1ccc2c(-c3ccccc3)c(C(=O)N3CC(CN)CC3C)oc2c1.Cl. The molecule has 1 aliphatic rings. The zero-order valence-electron chi connectivity index (χ0n) is 16.1. The minimum atomic E-state index is -0.0764. The van der Waals surface area contributed by atoms with Crippen molar-refractivity contribution in [1.82, 2.24) is 4.90 Å². The number of rotatable bonds is 4. The van der Waals surface area contributed by atoms with E-state index in [2.05, 4.69) is 6.92 Å². The summed E-state index contributed by atoms with van der Waals surface area (Å²) in [5, 5.41) is 0.910. The lowest BCUT2D eigenvalue weighted by Gasteiger charge is -2.20. The fourth-order valence-corrected chi connectivity index (χ4v) is 3.97. The van der Waals surface area contributed by atoms with Crippen molar-refractivity contribution in [2.75, 3.05) is 20.2 Å². The standard InChI is InChI=1S/C22H24N2O3.ClH/c1-14-10-15(12-23)13-24(14)22(25)21-20(16-6-4-3-5-7-16)18-9-8-17(26-2)11-19(18)27-21;/h3-9,11,14-15H,10,12-13,23H2,1-2H3;1H. The molecule has 6 heteroatoms. The Bertz CT molecular complexity index is 971. The number of likely N-dealkylation sites (tertiary alicyclic amines) is 1. The molecule has 2 aromatic carbocycles. The highest BCUT2D eigenvalue weighted by atomic mass is 35.5. The molecule has 2 atom stereocenters. The second-order valence-electron chi connectivity index (χ2n) is 7.18. The lowest BCUT2D eigenvalue weighted by molar-refractivity contribution is 0.0714. The number of ether oxygens (including phenoxy) is 1. The zero-order chi connectivity index (χ0) is 19.0. The Labute approximate surface area is 170 Å². The molecule has 1 saturated heterocycles. The molecule has 1 amide bonds. The van der Waals surface area contributed by atoms with Crippen LogP contribution in [0.5, 0.6) is 5.75 Å². The number of amides is 1. The maximum absolute atomic E-state index is 13.4. The monoisotopic (exact) mass is 400 g/mol. The van der Waals surface area contributed by atoms with Gasteiger partial charge in [-0.3, -0.25) is 4.79 Å². The largest absolute Gasteiger partial charge is 0.497 e. The Morgan fingerprint density at radius 1 is 1.25 bits per heavy atom. The molecule has 0 bridgehead atoms. The number of furan rings is 1. The van der Waals surface area contributed by atoms with Crippen LogP contribution in [0.1, 0.15) is 23.9 Å². The van der Waals surface area contributed by atoms with Gasteiger partial charge in [-0.2, -0.15) is 0 Å². The van der Waals surface area contributed by atoms with E-state index in [-0.39, 0.29) is 24.4 Å². The predicted molar refractivity (Wildman–Crippen MR) is 113 cm³/mol. The fourth-order valence-electron chi connectivity index (χ4n) is 3.97. The first-order chi connectivity index (χ1) is 13.1. The summed E-state index contributed by atoms with van der Waals surface area (Å²) in [6.45, 7) is 3.34. The molecule has 0 aliphatic carbocycles. The van der Waals surface area contributed by atoms with Gasteiger partial charge in [0.15, 0.2) is 0 Å². The van der Waals surface area contributed by atoms with Crippen molar-refractivity contribution >= 4 is 29.3 Å². The average Bonchev–Trinajstić information content (AvgIpc) is 3.27. The van der Waals surface area contributed by atoms with Crippen LogP contribution in [-0.4, -0.2) is 37.0 Å². The van der Waals surface area contributed by atoms with Crippen LogP contribution in [0.3, 0.4) is 0 Å². The van der Waals surface area contributed by atoms with E-state index in [4.69, 9.17) is 14.9 Å². The minimum Gasteiger partial charge on any atom is -0.497 e. The van der Waals surface area contributed by atoms with Gasteiger partial charge in [0.1, 0.15) is 11.3 Å². The molecule has 0 spiro atoms. The van der Waals surface area contributed by atoms with Gasteiger partial charge in [0, 0.05) is 29.6 Å². The Kier molecular flexibility index (Phi) is 5.96. The molecule has 1 aromatic heterocycles. The van der Waals surface area contributed by atoms with Crippen LogP contribution in [0.4, 0.5) is 0 Å². The number of halogens is 1. The van der Waals surface area contributed by atoms with Gasteiger partial charge >= 0.3 is 0 Å². The second-order valence-corrected chi connectivity index (χ2v) is 7.18. The van der Waals surface area contributed by atoms with E-state index in [1.807, 2.05) is 53.4 Å². The van der Waals surface area contributed by atoms with Crippen molar-refractivity contribution in [3.05, 3.63) is 54.3 Å². The minimum absolute atomic E-state index is 0. The first kappa shape index (κ1) is 20.2. The van der Waals surface area contributed by atoms with Gasteiger partial charge < -0.3 is 19.8 Å². The Morgan fingerprint density at radius 2 is 2.00 bits per heavy atom. The van der Waals surface area contributed by atoms with Gasteiger partial charge in [0.2, 0.25) is 5.76 Å². The summed E-state index contributed by atoms with van der Waals surface area (Å²) < 4.78 is 11.4. The molecular weight excluding hydrogens is 376 g/mol. The normalized spacial score (nSPS) is 18.9. The zero-order valence-corrected chi connectivity index (χ0v) is 16.9. The van der Waals surface area contributed by atoms with Crippen molar-refractivity contribution < 1.29 is 13.9 Å². The highest BCUT2D eigenvalue weighted by Gasteiger charge is 2.35. The molecule has 28 heavy (non-hydrogen) atoms. The second kappa shape index (κ2) is 8.25. The molecule has 1 aliphatic heterocycles. The summed E-state index contributed by atoms with van der Waals surface area (Å²) >= 11 is 0. The molecule has 0 saturated carbocycles. The predicted octanol–water partition coefficient (Wildman–Crippen LogP) is 4.34. The number of methoxy groups -OCH3 is 1. The van der Waals surface area contributed by atoms with Crippen LogP contribution in [0.2, 0.25) is 0 Å². The van der Waals surface area contributed by atoms with E-state index in [0.29, 0.717) is 36.1 Å². The van der Waals surface area contributed by atoms with Crippen LogP contribution in [0.25, 0.3) is 22.1 Å². The molecule has 5 nitrogen and oxygen atoms in total. The quantitative estimate of drug-likeness (QED) is 0.707. The summed E-state index contributed by atoms with van der Waals surface area (Å²) in [6.07, 6.45) is 0.928. The Balaban J connectivity index is 0.00000225. The van der Waals surface area contributed by atoms with E-state index in [9.17, 15) is 4.79 Å². The van der Waals surface area contributed by atoms with Gasteiger partial charge in [-0.05, 0) is 43.5 Å². The average molecular weight is 401 g/mol. The smallest absolute Gasteiger partial charge is 0.290 e. The third-order valence-electron chi connectivity index (χ3n) is 5.41. The van der Waals surface area contributed by atoms with E-state index in [1.165, 1.54) is 0 Å². The first-order valence-corrected chi connectivity index (χ1v) is 9.29. The fraction of sp³-hybridized carbons (Fsp3) is 0.318. The highest BCUT2D eigenvalue weighted by Crippen LogP contribution is 2.38. The summed E-state index contributed by atoms with van der Waals surface area (Å²) in [7, 11) is 1.62. The van der Waals surface area contributed by atoms with E-state index >= 15 is 0 Å². The Morgan fingerprint density at radius 3 is 2.64 bits per heavy atom. The van der Waals surface area contributed by atoms with E-state index in [1.54, 1.807) is 7.11 Å². The number of hydrogen-bond donors (Lipinski definition) is 1. The number of carbonyl (C=O) groups excluding carboxylic acids is 1. The lowest BCUT2D eigenvalue weighted by Crippen LogP contribution is -2.34. The molecule has 2 N–H and O–H groups in total. The number of fused-ring (bicyclic) bond motifs is 1. The van der Waals surface area contributed by atoms with Crippen LogP contribution in [0.15, 0.2) is 52.9 Å².